The van der Waals surface area contributed by atoms with Crippen molar-refractivity contribution >= 4 is 11.8 Å². The highest BCUT2D eigenvalue weighted by Crippen LogP contribution is 2.41. The fourth-order valence-electron chi connectivity index (χ4n) is 4.16. The number of aromatic nitrogens is 2. The minimum absolute atomic E-state index is 0.0275. The van der Waals surface area contributed by atoms with E-state index in [-0.39, 0.29) is 24.1 Å². The van der Waals surface area contributed by atoms with Crippen LogP contribution in [-0.4, -0.2) is 53.0 Å². The van der Waals surface area contributed by atoms with Crippen LogP contribution in [0.1, 0.15) is 31.7 Å². The van der Waals surface area contributed by atoms with Gasteiger partial charge in [0.1, 0.15) is 0 Å². The number of carbonyl (C=O) groups is 1. The van der Waals surface area contributed by atoms with Crippen LogP contribution in [0.2, 0.25) is 0 Å². The van der Waals surface area contributed by atoms with Gasteiger partial charge < -0.3 is 14.4 Å². The van der Waals surface area contributed by atoms with Crippen molar-refractivity contribution in [2.75, 3.05) is 25.1 Å². The third-order valence-electron chi connectivity index (χ3n) is 5.39. The highest BCUT2D eigenvalue weighted by atomic mass is 16.5. The van der Waals surface area contributed by atoms with Crippen LogP contribution in [-0.2, 0) is 4.74 Å². The van der Waals surface area contributed by atoms with Gasteiger partial charge in [-0.1, -0.05) is 30.3 Å². The lowest BCUT2D eigenvalue weighted by Gasteiger charge is -2.32. The number of hydrogen-bond acceptors (Lipinski definition) is 5. The van der Waals surface area contributed by atoms with Crippen LogP contribution in [0.4, 0.5) is 10.6 Å². The molecule has 28 heavy (non-hydrogen) atoms. The van der Waals surface area contributed by atoms with Gasteiger partial charge in [-0.2, -0.15) is 0 Å². The van der Waals surface area contributed by atoms with E-state index in [0.29, 0.717) is 37.4 Å². The normalized spacial score (nSPS) is 24.1. The Hall–Kier alpha value is -2.67. The van der Waals surface area contributed by atoms with Gasteiger partial charge in [-0.05, 0) is 31.9 Å². The molecular formula is C21H26N4O3. The van der Waals surface area contributed by atoms with Gasteiger partial charge in [0, 0.05) is 37.1 Å². The van der Waals surface area contributed by atoms with Gasteiger partial charge in [0.15, 0.2) is 5.82 Å². The summed E-state index contributed by atoms with van der Waals surface area (Å²) in [5, 5.41) is 11.0. The first kappa shape index (κ1) is 18.7. The Morgan fingerprint density at radius 3 is 2.75 bits per heavy atom. The second-order valence-electron chi connectivity index (χ2n) is 7.62. The van der Waals surface area contributed by atoms with Gasteiger partial charge in [-0.3, -0.25) is 5.32 Å². The van der Waals surface area contributed by atoms with Crippen LogP contribution in [0.25, 0.3) is 0 Å². The van der Waals surface area contributed by atoms with Crippen LogP contribution in [0.3, 0.4) is 0 Å². The molecule has 3 atom stereocenters. The maximum absolute atomic E-state index is 13.0. The lowest BCUT2D eigenvalue weighted by molar-refractivity contribution is 0.0272. The predicted molar refractivity (Wildman–Crippen MR) is 105 cm³/mol. The number of likely N-dealkylation sites (tertiary alicyclic amines) is 1. The number of amides is 2. The highest BCUT2D eigenvalue weighted by Gasteiger charge is 2.45. The fourth-order valence-corrected chi connectivity index (χ4v) is 4.16. The Balaban J connectivity index is 1.47. The van der Waals surface area contributed by atoms with Crippen molar-refractivity contribution in [3.63, 3.8) is 0 Å². The molecule has 2 saturated heterocycles. The summed E-state index contributed by atoms with van der Waals surface area (Å²) in [6, 6.07) is 13.9. The lowest BCUT2D eigenvalue weighted by atomic mass is 9.84. The number of hydrogen-bond donors (Lipinski definition) is 1. The van der Waals surface area contributed by atoms with Crippen molar-refractivity contribution in [3.8, 4) is 5.88 Å². The molecular weight excluding hydrogens is 356 g/mol. The highest BCUT2D eigenvalue weighted by molar-refractivity contribution is 5.88. The molecule has 1 N–H and O–H groups in total. The predicted octanol–water partition coefficient (Wildman–Crippen LogP) is 3.30. The van der Waals surface area contributed by atoms with Crippen LogP contribution in [0.15, 0.2) is 42.5 Å². The average molecular weight is 382 g/mol. The molecule has 4 rings (SSSR count). The summed E-state index contributed by atoms with van der Waals surface area (Å²) in [7, 11) is 0. The van der Waals surface area contributed by atoms with Crippen LogP contribution in [0, 0.1) is 5.92 Å². The number of carbonyl (C=O) groups excluding carboxylic acids is 1. The van der Waals surface area contributed by atoms with E-state index in [9.17, 15) is 4.79 Å². The largest absolute Gasteiger partial charge is 0.474 e. The molecule has 3 unspecified atom stereocenters. The minimum atomic E-state index is -0.137. The van der Waals surface area contributed by atoms with Crippen LogP contribution >= 0.6 is 0 Å². The molecule has 2 aromatic rings. The number of anilines is 1. The first-order chi connectivity index (χ1) is 13.6. The zero-order chi connectivity index (χ0) is 19.5. The van der Waals surface area contributed by atoms with E-state index in [1.807, 2.05) is 36.9 Å². The maximum Gasteiger partial charge on any atom is 0.323 e. The van der Waals surface area contributed by atoms with Gasteiger partial charge in [-0.15, -0.1) is 10.2 Å². The summed E-state index contributed by atoms with van der Waals surface area (Å²) in [4.78, 5) is 14.9. The van der Waals surface area contributed by atoms with Crippen molar-refractivity contribution in [3.05, 3.63) is 48.0 Å². The molecule has 1 aromatic carbocycles. The Morgan fingerprint density at radius 1 is 1.21 bits per heavy atom. The van der Waals surface area contributed by atoms with Crippen molar-refractivity contribution in [2.24, 2.45) is 5.92 Å². The van der Waals surface area contributed by atoms with Gasteiger partial charge >= 0.3 is 6.03 Å². The van der Waals surface area contributed by atoms with E-state index in [4.69, 9.17) is 9.47 Å². The van der Waals surface area contributed by atoms with E-state index >= 15 is 0 Å². The molecule has 2 fully saturated rings. The summed E-state index contributed by atoms with van der Waals surface area (Å²) in [5.74, 6) is 1.47. The molecule has 1 aromatic heterocycles. The van der Waals surface area contributed by atoms with Gasteiger partial charge in [0.2, 0.25) is 5.88 Å². The molecule has 0 aliphatic carbocycles. The molecule has 0 saturated carbocycles. The molecule has 2 aliphatic rings. The van der Waals surface area contributed by atoms with Crippen molar-refractivity contribution in [2.45, 2.75) is 38.3 Å². The molecule has 2 amide bonds. The Kier molecular flexibility index (Phi) is 5.43. The average Bonchev–Trinajstić information content (AvgIpc) is 3.10. The third kappa shape index (κ3) is 3.94. The minimum Gasteiger partial charge on any atom is -0.474 e. The third-order valence-corrected chi connectivity index (χ3v) is 5.39. The van der Waals surface area contributed by atoms with E-state index in [1.54, 1.807) is 12.1 Å². The summed E-state index contributed by atoms with van der Waals surface area (Å²) >= 11 is 0. The molecule has 0 spiro atoms. The SMILES string of the molecule is CC(C)Oc1ccc(NC(=O)N2CC(c3ccccc3)C3COCCC32)nn1. The van der Waals surface area contributed by atoms with E-state index < -0.39 is 0 Å². The van der Waals surface area contributed by atoms with Crippen molar-refractivity contribution in [1.29, 1.82) is 0 Å². The molecule has 7 heteroatoms. The molecule has 148 valence electrons. The number of nitrogens with one attached hydrogen (secondary N) is 1. The Morgan fingerprint density at radius 2 is 2.04 bits per heavy atom. The second kappa shape index (κ2) is 8.14. The zero-order valence-electron chi connectivity index (χ0n) is 16.2. The first-order valence-corrected chi connectivity index (χ1v) is 9.82. The first-order valence-electron chi connectivity index (χ1n) is 9.82. The van der Waals surface area contributed by atoms with E-state index in [1.165, 1.54) is 5.56 Å². The molecule has 0 bridgehead atoms. The zero-order valence-corrected chi connectivity index (χ0v) is 16.2. The number of ether oxygens (including phenoxy) is 2. The number of fused-ring (bicyclic) bond motifs is 1. The summed E-state index contributed by atoms with van der Waals surface area (Å²) in [5.41, 5.74) is 1.26. The number of nitrogens with zero attached hydrogens (tertiary/aromatic N) is 3. The van der Waals surface area contributed by atoms with Gasteiger partial charge in [0.25, 0.3) is 0 Å². The van der Waals surface area contributed by atoms with E-state index in [0.717, 1.165) is 6.42 Å². The monoisotopic (exact) mass is 382 g/mol. The molecule has 3 heterocycles. The number of benzene rings is 1. The number of rotatable bonds is 4. The Labute approximate surface area is 165 Å². The van der Waals surface area contributed by atoms with Crippen LogP contribution < -0.4 is 10.1 Å². The van der Waals surface area contributed by atoms with Gasteiger partial charge in [-0.25, -0.2) is 4.79 Å². The topological polar surface area (TPSA) is 76.6 Å². The molecule has 7 nitrogen and oxygen atoms in total. The molecule has 2 aliphatic heterocycles. The standard InChI is InChI=1S/C21H26N4O3/c1-14(2)28-20-9-8-19(23-24-20)22-21(26)25-12-16(15-6-4-3-5-7-15)17-13-27-11-10-18(17)25/h3-9,14,16-18H,10-13H2,1-2H3,(H,22,23,26). The lowest BCUT2D eigenvalue weighted by Crippen LogP contribution is -2.44. The second-order valence-corrected chi connectivity index (χ2v) is 7.62. The fraction of sp³-hybridized carbons (Fsp3) is 0.476. The van der Waals surface area contributed by atoms with Crippen molar-refractivity contribution < 1.29 is 14.3 Å². The van der Waals surface area contributed by atoms with Crippen LogP contribution in [0.5, 0.6) is 5.88 Å². The smallest absolute Gasteiger partial charge is 0.323 e. The Bertz CT molecular complexity index is 797. The number of urea groups is 1. The van der Waals surface area contributed by atoms with Gasteiger partial charge in [0.05, 0.1) is 12.7 Å². The summed E-state index contributed by atoms with van der Waals surface area (Å²) < 4.78 is 11.2. The van der Waals surface area contributed by atoms with E-state index in [2.05, 4.69) is 27.6 Å². The maximum atomic E-state index is 13.0. The quantitative estimate of drug-likeness (QED) is 0.878. The summed E-state index contributed by atoms with van der Waals surface area (Å²) in [6.07, 6.45) is 0.883. The summed E-state index contributed by atoms with van der Waals surface area (Å²) in [6.45, 7) is 5.91. The molecule has 0 radical (unpaired) electrons. The van der Waals surface area contributed by atoms with Crippen molar-refractivity contribution in [1.82, 2.24) is 15.1 Å².